The first kappa shape index (κ1) is 16.6. The molecule has 0 saturated carbocycles. The Morgan fingerprint density at radius 1 is 1.38 bits per heavy atom. The molecular formula is C18H23N3O3. The Morgan fingerprint density at radius 3 is 3.00 bits per heavy atom. The molecule has 6 nitrogen and oxygen atoms in total. The van der Waals surface area contributed by atoms with Crippen LogP contribution in [0.2, 0.25) is 0 Å². The van der Waals surface area contributed by atoms with Gasteiger partial charge in [0.2, 0.25) is 17.6 Å². The van der Waals surface area contributed by atoms with E-state index in [1.165, 1.54) is 6.92 Å². The third-order valence-corrected chi connectivity index (χ3v) is 4.34. The molecule has 1 saturated heterocycles. The third-order valence-electron chi connectivity index (χ3n) is 4.34. The molecule has 0 unspecified atom stereocenters. The zero-order chi connectivity index (χ0) is 16.9. The number of carbonyl (C=O) groups excluding carboxylic acids is 1. The summed E-state index contributed by atoms with van der Waals surface area (Å²) in [6.07, 6.45) is 4.21. The number of amides is 1. The fourth-order valence-electron chi connectivity index (χ4n) is 3.10. The summed E-state index contributed by atoms with van der Waals surface area (Å²) in [6.45, 7) is 4.43. The molecule has 1 aliphatic rings. The molecule has 0 aliphatic carbocycles. The maximum absolute atomic E-state index is 11.3. The van der Waals surface area contributed by atoms with Gasteiger partial charge in [0.1, 0.15) is 0 Å². The predicted octanol–water partition coefficient (Wildman–Crippen LogP) is 3.44. The second kappa shape index (κ2) is 7.57. The van der Waals surface area contributed by atoms with E-state index in [4.69, 9.17) is 9.26 Å². The zero-order valence-corrected chi connectivity index (χ0v) is 14.1. The van der Waals surface area contributed by atoms with Crippen LogP contribution in [0.25, 0.3) is 11.4 Å². The van der Waals surface area contributed by atoms with E-state index in [1.807, 2.05) is 24.3 Å². The number of rotatable bonds is 5. The molecule has 24 heavy (non-hydrogen) atoms. The van der Waals surface area contributed by atoms with Gasteiger partial charge in [-0.3, -0.25) is 4.79 Å². The van der Waals surface area contributed by atoms with Gasteiger partial charge in [-0.1, -0.05) is 24.2 Å². The van der Waals surface area contributed by atoms with Crippen molar-refractivity contribution in [1.82, 2.24) is 10.1 Å². The van der Waals surface area contributed by atoms with Gasteiger partial charge in [0.25, 0.3) is 0 Å². The maximum Gasteiger partial charge on any atom is 0.227 e. The van der Waals surface area contributed by atoms with Crippen molar-refractivity contribution in [2.24, 2.45) is 5.92 Å². The number of nitrogens with zero attached hydrogens (tertiary/aromatic N) is 2. The standard InChI is InChI=1S/C18H23N3O3/c1-3-14-10-13(8-9-23-14)11-17-20-18(21-24-17)15-6-4-5-7-16(15)19-12(2)22/h4-7,13-14H,3,8-11H2,1-2H3,(H,19,22)/t13-,14-/m1/s1. The van der Waals surface area contributed by atoms with Crippen LogP contribution in [0.15, 0.2) is 28.8 Å². The summed E-state index contributed by atoms with van der Waals surface area (Å²) < 4.78 is 11.2. The normalized spacial score (nSPS) is 20.8. The minimum atomic E-state index is -0.126. The van der Waals surface area contributed by atoms with E-state index in [0.29, 0.717) is 29.4 Å². The molecule has 1 N–H and O–H groups in total. The number of aromatic nitrogens is 2. The summed E-state index contributed by atoms with van der Waals surface area (Å²) in [7, 11) is 0. The van der Waals surface area contributed by atoms with Crippen molar-refractivity contribution in [3.63, 3.8) is 0 Å². The molecule has 1 aliphatic heterocycles. The smallest absolute Gasteiger partial charge is 0.227 e. The van der Waals surface area contributed by atoms with Crippen molar-refractivity contribution in [3.8, 4) is 11.4 Å². The van der Waals surface area contributed by atoms with Crippen molar-refractivity contribution in [3.05, 3.63) is 30.2 Å². The lowest BCUT2D eigenvalue weighted by Crippen LogP contribution is -2.26. The summed E-state index contributed by atoms with van der Waals surface area (Å²) in [5.74, 6) is 1.54. The number of carbonyl (C=O) groups is 1. The highest BCUT2D eigenvalue weighted by Crippen LogP contribution is 2.28. The quantitative estimate of drug-likeness (QED) is 0.909. The number of hydrogen-bond donors (Lipinski definition) is 1. The van der Waals surface area contributed by atoms with Crippen LogP contribution >= 0.6 is 0 Å². The van der Waals surface area contributed by atoms with Crippen LogP contribution < -0.4 is 5.32 Å². The van der Waals surface area contributed by atoms with Gasteiger partial charge in [-0.15, -0.1) is 0 Å². The minimum Gasteiger partial charge on any atom is -0.378 e. The molecule has 1 aromatic carbocycles. The molecule has 1 fully saturated rings. The molecule has 1 aromatic heterocycles. The fraction of sp³-hybridized carbons (Fsp3) is 0.500. The van der Waals surface area contributed by atoms with Crippen LogP contribution in [0.3, 0.4) is 0 Å². The van der Waals surface area contributed by atoms with Gasteiger partial charge in [0.05, 0.1) is 11.8 Å². The van der Waals surface area contributed by atoms with Crippen molar-refractivity contribution in [2.45, 2.75) is 45.6 Å². The SMILES string of the molecule is CC[C@@H]1C[C@H](Cc2nc(-c3ccccc3NC(C)=O)no2)CCO1. The molecule has 2 aromatic rings. The predicted molar refractivity (Wildman–Crippen MR) is 90.5 cm³/mol. The first-order valence-electron chi connectivity index (χ1n) is 8.47. The molecule has 0 radical (unpaired) electrons. The van der Waals surface area contributed by atoms with Crippen molar-refractivity contribution < 1.29 is 14.1 Å². The lowest BCUT2D eigenvalue weighted by Gasteiger charge is -2.27. The minimum absolute atomic E-state index is 0.126. The largest absolute Gasteiger partial charge is 0.378 e. The van der Waals surface area contributed by atoms with Gasteiger partial charge in [-0.25, -0.2) is 0 Å². The number of ether oxygens (including phenoxy) is 1. The van der Waals surface area contributed by atoms with Crippen LogP contribution in [0, 0.1) is 5.92 Å². The van der Waals surface area contributed by atoms with Gasteiger partial charge in [0.15, 0.2) is 0 Å². The van der Waals surface area contributed by atoms with Crippen molar-refractivity contribution in [2.75, 3.05) is 11.9 Å². The fourth-order valence-corrected chi connectivity index (χ4v) is 3.10. The third kappa shape index (κ3) is 4.00. The highest BCUT2D eigenvalue weighted by molar-refractivity contribution is 5.93. The Balaban J connectivity index is 1.73. The van der Waals surface area contributed by atoms with E-state index in [-0.39, 0.29) is 5.91 Å². The monoisotopic (exact) mass is 329 g/mol. The van der Waals surface area contributed by atoms with Crippen molar-refractivity contribution >= 4 is 11.6 Å². The Hall–Kier alpha value is -2.21. The Labute approximate surface area is 141 Å². The highest BCUT2D eigenvalue weighted by Gasteiger charge is 2.24. The lowest BCUT2D eigenvalue weighted by molar-refractivity contribution is -0.114. The molecule has 0 bridgehead atoms. The van der Waals surface area contributed by atoms with Crippen LogP contribution in [-0.4, -0.2) is 28.8 Å². The maximum atomic E-state index is 11.3. The molecule has 2 heterocycles. The molecule has 6 heteroatoms. The van der Waals surface area contributed by atoms with E-state index >= 15 is 0 Å². The van der Waals surface area contributed by atoms with Crippen LogP contribution in [-0.2, 0) is 16.0 Å². The topological polar surface area (TPSA) is 77.3 Å². The van der Waals surface area contributed by atoms with E-state index < -0.39 is 0 Å². The first-order valence-corrected chi connectivity index (χ1v) is 8.47. The van der Waals surface area contributed by atoms with Crippen LogP contribution in [0.4, 0.5) is 5.69 Å². The average Bonchev–Trinajstić information content (AvgIpc) is 3.03. The summed E-state index contributed by atoms with van der Waals surface area (Å²) in [4.78, 5) is 15.9. The van der Waals surface area contributed by atoms with E-state index in [2.05, 4.69) is 22.4 Å². The molecular weight excluding hydrogens is 306 g/mol. The summed E-state index contributed by atoms with van der Waals surface area (Å²) >= 11 is 0. The Bertz CT molecular complexity index is 698. The first-order chi connectivity index (χ1) is 11.7. The number of nitrogens with one attached hydrogen (secondary N) is 1. The van der Waals surface area contributed by atoms with E-state index in [9.17, 15) is 4.79 Å². The Morgan fingerprint density at radius 2 is 2.21 bits per heavy atom. The van der Waals surface area contributed by atoms with Gasteiger partial charge in [0, 0.05) is 25.5 Å². The van der Waals surface area contributed by atoms with Gasteiger partial charge in [-0.2, -0.15) is 4.98 Å². The average molecular weight is 329 g/mol. The van der Waals surface area contributed by atoms with Gasteiger partial charge in [-0.05, 0) is 37.3 Å². The van der Waals surface area contributed by atoms with Gasteiger partial charge >= 0.3 is 0 Å². The molecule has 128 valence electrons. The highest BCUT2D eigenvalue weighted by atomic mass is 16.5. The van der Waals surface area contributed by atoms with Gasteiger partial charge < -0.3 is 14.6 Å². The summed E-state index contributed by atoms with van der Waals surface area (Å²) in [5, 5.41) is 6.89. The Kier molecular flexibility index (Phi) is 5.25. The van der Waals surface area contributed by atoms with E-state index in [0.717, 1.165) is 37.9 Å². The summed E-state index contributed by atoms with van der Waals surface area (Å²) in [5.41, 5.74) is 1.45. The molecule has 0 spiro atoms. The van der Waals surface area contributed by atoms with E-state index in [1.54, 1.807) is 0 Å². The second-order valence-electron chi connectivity index (χ2n) is 6.23. The zero-order valence-electron chi connectivity index (χ0n) is 14.1. The number of para-hydroxylation sites is 1. The number of anilines is 1. The number of hydrogen-bond acceptors (Lipinski definition) is 5. The summed E-state index contributed by atoms with van der Waals surface area (Å²) in [6, 6.07) is 7.46. The van der Waals surface area contributed by atoms with Crippen molar-refractivity contribution in [1.29, 1.82) is 0 Å². The molecule has 3 rings (SSSR count). The molecule has 1 amide bonds. The van der Waals surface area contributed by atoms with Crippen LogP contribution in [0.1, 0.15) is 39.0 Å². The van der Waals surface area contributed by atoms with Crippen LogP contribution in [0.5, 0.6) is 0 Å². The second-order valence-corrected chi connectivity index (χ2v) is 6.23. The lowest BCUT2D eigenvalue weighted by atomic mass is 9.91. The molecule has 2 atom stereocenters. The number of benzene rings is 1.